The first-order valence-electron chi connectivity index (χ1n) is 4.40. The SMILES string of the molecule is CCCCSc1nc(NN)ncc1F. The van der Waals surface area contributed by atoms with E-state index < -0.39 is 5.82 Å². The van der Waals surface area contributed by atoms with Crippen LogP contribution in [0.25, 0.3) is 0 Å². The van der Waals surface area contributed by atoms with Crippen molar-refractivity contribution in [2.45, 2.75) is 24.8 Å². The highest BCUT2D eigenvalue weighted by atomic mass is 32.2. The molecule has 0 aliphatic carbocycles. The standard InChI is InChI=1S/C8H13FN4S/c1-2-3-4-14-7-6(9)5-11-8(12-7)13-10/h5H,2-4,10H2,1H3,(H,11,12,13). The Labute approximate surface area is 86.5 Å². The predicted octanol–water partition coefficient (Wildman–Crippen LogP) is 1.79. The van der Waals surface area contributed by atoms with E-state index in [2.05, 4.69) is 22.3 Å². The molecule has 0 saturated heterocycles. The Morgan fingerprint density at radius 2 is 2.43 bits per heavy atom. The highest BCUT2D eigenvalue weighted by Gasteiger charge is 2.06. The molecule has 6 heteroatoms. The van der Waals surface area contributed by atoms with Crippen molar-refractivity contribution >= 4 is 17.7 Å². The minimum Gasteiger partial charge on any atom is -0.292 e. The fraction of sp³-hybridized carbons (Fsp3) is 0.500. The second-order valence-electron chi connectivity index (χ2n) is 2.69. The van der Waals surface area contributed by atoms with Crippen molar-refractivity contribution in [3.63, 3.8) is 0 Å². The molecule has 0 bridgehead atoms. The van der Waals surface area contributed by atoms with E-state index in [0.717, 1.165) is 24.8 Å². The van der Waals surface area contributed by atoms with Crippen LogP contribution in [0, 0.1) is 5.82 Å². The van der Waals surface area contributed by atoms with Crippen molar-refractivity contribution in [1.82, 2.24) is 9.97 Å². The quantitative estimate of drug-likeness (QED) is 0.258. The summed E-state index contributed by atoms with van der Waals surface area (Å²) in [5.74, 6) is 5.82. The Hall–Kier alpha value is -0.880. The van der Waals surface area contributed by atoms with Gasteiger partial charge in [0, 0.05) is 0 Å². The Bertz CT molecular complexity index is 295. The van der Waals surface area contributed by atoms with Gasteiger partial charge in [0.05, 0.1) is 6.20 Å². The van der Waals surface area contributed by atoms with Gasteiger partial charge in [0.25, 0.3) is 0 Å². The van der Waals surface area contributed by atoms with Gasteiger partial charge in [-0.15, -0.1) is 11.8 Å². The number of hydrazine groups is 1. The molecule has 0 aliphatic rings. The molecule has 0 radical (unpaired) electrons. The number of unbranched alkanes of at least 4 members (excludes halogenated alkanes) is 1. The summed E-state index contributed by atoms with van der Waals surface area (Å²) in [6.45, 7) is 2.09. The lowest BCUT2D eigenvalue weighted by Crippen LogP contribution is -2.11. The number of nitrogens with two attached hydrogens (primary N) is 1. The van der Waals surface area contributed by atoms with Crippen molar-refractivity contribution < 1.29 is 4.39 Å². The van der Waals surface area contributed by atoms with Crippen LogP contribution in [0.5, 0.6) is 0 Å². The maximum absolute atomic E-state index is 13.1. The van der Waals surface area contributed by atoms with Crippen LogP contribution in [0.1, 0.15) is 19.8 Å². The van der Waals surface area contributed by atoms with Crippen LogP contribution in [0.15, 0.2) is 11.2 Å². The number of hydrogen-bond donors (Lipinski definition) is 2. The lowest BCUT2D eigenvalue weighted by molar-refractivity contribution is 0.580. The van der Waals surface area contributed by atoms with Crippen LogP contribution >= 0.6 is 11.8 Å². The summed E-state index contributed by atoms with van der Waals surface area (Å²) in [7, 11) is 0. The molecule has 4 nitrogen and oxygen atoms in total. The van der Waals surface area contributed by atoms with E-state index in [1.54, 1.807) is 0 Å². The van der Waals surface area contributed by atoms with Crippen LogP contribution in [0.4, 0.5) is 10.3 Å². The number of anilines is 1. The zero-order valence-corrected chi connectivity index (χ0v) is 8.77. The van der Waals surface area contributed by atoms with E-state index in [0.29, 0.717) is 5.03 Å². The minimum absolute atomic E-state index is 0.241. The van der Waals surface area contributed by atoms with Gasteiger partial charge < -0.3 is 0 Å². The van der Waals surface area contributed by atoms with Crippen LogP contribution in [0.3, 0.4) is 0 Å². The average Bonchev–Trinajstić information content (AvgIpc) is 2.21. The molecule has 14 heavy (non-hydrogen) atoms. The Balaban J connectivity index is 2.64. The van der Waals surface area contributed by atoms with Crippen LogP contribution in [0.2, 0.25) is 0 Å². The molecule has 1 heterocycles. The fourth-order valence-corrected chi connectivity index (χ4v) is 1.80. The Kier molecular flexibility index (Phi) is 4.61. The summed E-state index contributed by atoms with van der Waals surface area (Å²) in [6.07, 6.45) is 3.25. The number of thioether (sulfide) groups is 1. The van der Waals surface area contributed by atoms with Gasteiger partial charge in [-0.25, -0.2) is 20.2 Å². The summed E-state index contributed by atoms with van der Waals surface area (Å²) in [6, 6.07) is 0. The Morgan fingerprint density at radius 1 is 1.64 bits per heavy atom. The van der Waals surface area contributed by atoms with Crippen LogP contribution in [-0.2, 0) is 0 Å². The monoisotopic (exact) mass is 216 g/mol. The van der Waals surface area contributed by atoms with Gasteiger partial charge >= 0.3 is 0 Å². The van der Waals surface area contributed by atoms with Crippen molar-refractivity contribution in [3.8, 4) is 0 Å². The van der Waals surface area contributed by atoms with Gasteiger partial charge in [-0.1, -0.05) is 13.3 Å². The molecule has 1 aromatic heterocycles. The fourth-order valence-electron chi connectivity index (χ4n) is 0.835. The predicted molar refractivity (Wildman–Crippen MR) is 55.4 cm³/mol. The smallest absolute Gasteiger partial charge is 0.238 e. The molecule has 0 aliphatic heterocycles. The highest BCUT2D eigenvalue weighted by molar-refractivity contribution is 7.99. The number of nitrogens with zero attached hydrogens (tertiary/aromatic N) is 2. The molecule has 0 saturated carbocycles. The molecule has 0 atom stereocenters. The van der Waals surface area contributed by atoms with Gasteiger partial charge in [-0.2, -0.15) is 0 Å². The first-order valence-corrected chi connectivity index (χ1v) is 5.38. The molecule has 0 amide bonds. The summed E-state index contributed by atoms with van der Waals surface area (Å²) in [4.78, 5) is 7.55. The number of nitrogen functional groups attached to an aromatic ring is 1. The lowest BCUT2D eigenvalue weighted by Gasteiger charge is -2.03. The van der Waals surface area contributed by atoms with Crippen molar-refractivity contribution in [1.29, 1.82) is 0 Å². The second kappa shape index (κ2) is 5.77. The number of rotatable bonds is 5. The molecule has 1 rings (SSSR count). The maximum Gasteiger partial charge on any atom is 0.238 e. The zero-order chi connectivity index (χ0) is 10.4. The lowest BCUT2D eigenvalue weighted by atomic mass is 10.4. The van der Waals surface area contributed by atoms with E-state index in [4.69, 9.17) is 5.84 Å². The van der Waals surface area contributed by atoms with E-state index in [9.17, 15) is 4.39 Å². The molecule has 0 aromatic carbocycles. The molecule has 1 aromatic rings. The number of halogens is 1. The normalized spacial score (nSPS) is 10.2. The van der Waals surface area contributed by atoms with Crippen molar-refractivity contribution in [2.24, 2.45) is 5.84 Å². The summed E-state index contributed by atoms with van der Waals surface area (Å²) >= 11 is 1.38. The van der Waals surface area contributed by atoms with Crippen molar-refractivity contribution in [2.75, 3.05) is 11.2 Å². The minimum atomic E-state index is -0.398. The topological polar surface area (TPSA) is 63.8 Å². The Morgan fingerprint density at radius 3 is 3.07 bits per heavy atom. The third kappa shape index (κ3) is 3.12. The maximum atomic E-state index is 13.1. The number of nitrogens with one attached hydrogen (secondary N) is 1. The summed E-state index contributed by atoms with van der Waals surface area (Å²) in [5, 5.41) is 0.349. The molecule has 0 spiro atoms. The van der Waals surface area contributed by atoms with Gasteiger partial charge in [-0.05, 0) is 12.2 Å². The summed E-state index contributed by atoms with van der Waals surface area (Å²) in [5.41, 5.74) is 2.28. The molecular weight excluding hydrogens is 203 g/mol. The largest absolute Gasteiger partial charge is 0.292 e. The third-order valence-corrected chi connectivity index (χ3v) is 2.63. The van der Waals surface area contributed by atoms with Gasteiger partial charge in [0.2, 0.25) is 5.95 Å². The third-order valence-electron chi connectivity index (χ3n) is 1.58. The molecule has 3 N–H and O–H groups in total. The number of hydrogen-bond acceptors (Lipinski definition) is 5. The second-order valence-corrected chi connectivity index (χ2v) is 3.78. The van der Waals surface area contributed by atoms with Gasteiger partial charge in [0.1, 0.15) is 5.03 Å². The molecule has 0 fully saturated rings. The highest BCUT2D eigenvalue weighted by Crippen LogP contribution is 2.20. The molecule has 78 valence electrons. The van der Waals surface area contributed by atoms with E-state index >= 15 is 0 Å². The van der Waals surface area contributed by atoms with Gasteiger partial charge in [0.15, 0.2) is 5.82 Å². The van der Waals surface area contributed by atoms with E-state index in [1.165, 1.54) is 11.8 Å². The zero-order valence-electron chi connectivity index (χ0n) is 7.96. The molecular formula is C8H13FN4S. The first-order chi connectivity index (χ1) is 6.77. The van der Waals surface area contributed by atoms with Crippen LogP contribution in [-0.4, -0.2) is 15.7 Å². The number of aromatic nitrogens is 2. The van der Waals surface area contributed by atoms with Crippen LogP contribution < -0.4 is 11.3 Å². The summed E-state index contributed by atoms with van der Waals surface area (Å²) < 4.78 is 13.1. The average molecular weight is 216 g/mol. The van der Waals surface area contributed by atoms with Gasteiger partial charge in [-0.3, -0.25) is 5.43 Å². The van der Waals surface area contributed by atoms with E-state index in [1.807, 2.05) is 0 Å². The first kappa shape index (κ1) is 11.2. The van der Waals surface area contributed by atoms with E-state index in [-0.39, 0.29) is 5.95 Å². The molecule has 0 unspecified atom stereocenters. The van der Waals surface area contributed by atoms with Crippen molar-refractivity contribution in [3.05, 3.63) is 12.0 Å².